The van der Waals surface area contributed by atoms with Gasteiger partial charge in [-0.3, -0.25) is 0 Å². The van der Waals surface area contributed by atoms with Crippen molar-refractivity contribution < 1.29 is 0 Å². The molecule has 0 fully saturated rings. The highest BCUT2D eigenvalue weighted by molar-refractivity contribution is 7.81. The van der Waals surface area contributed by atoms with E-state index in [9.17, 15) is 0 Å². The molecule has 0 saturated heterocycles. The quantitative estimate of drug-likeness (QED) is 0.224. The van der Waals surface area contributed by atoms with Crippen molar-refractivity contribution in [3.8, 4) is 0 Å². The third kappa shape index (κ3) is 4.47. The fraction of sp³-hybridized carbons (Fsp3) is 0.133. The van der Waals surface area contributed by atoms with Crippen LogP contribution >= 0.6 is 16.3 Å². The lowest BCUT2D eigenvalue weighted by atomic mass is 10.1. The Labute approximate surface area is 205 Å². The smallest absolute Gasteiger partial charge is 0.109 e. The molecule has 2 nitrogen and oxygen atoms in total. The molecule has 0 spiro atoms. The van der Waals surface area contributed by atoms with Gasteiger partial charge in [-0.1, -0.05) is 103 Å². The summed E-state index contributed by atoms with van der Waals surface area (Å²) in [5.74, 6) is 0. The average Bonchev–Trinajstić information content (AvgIpc) is 3.31. The third-order valence-corrected chi connectivity index (χ3v) is 11.8. The van der Waals surface area contributed by atoms with Gasteiger partial charge in [0.2, 0.25) is 0 Å². The van der Waals surface area contributed by atoms with Crippen LogP contribution in [-0.2, 0) is 0 Å². The second-order valence-corrected chi connectivity index (χ2v) is 13.1. The maximum Gasteiger partial charge on any atom is 0.109 e. The molecule has 0 N–H and O–H groups in total. The van der Waals surface area contributed by atoms with Crippen molar-refractivity contribution in [2.24, 2.45) is 0 Å². The Bertz CT molecular complexity index is 1310. The summed E-state index contributed by atoms with van der Waals surface area (Å²) in [6.45, 7) is 6.89. The number of rotatable bonds is 7. The molecule has 4 aromatic carbocycles. The summed E-state index contributed by atoms with van der Waals surface area (Å²) < 4.78 is 5.32. The Balaban J connectivity index is 1.77. The molecule has 0 saturated carbocycles. The zero-order chi connectivity index (χ0) is 23.5. The van der Waals surface area contributed by atoms with E-state index < -0.39 is 16.3 Å². The maximum atomic E-state index is 2.78. The Hall–Kier alpha value is -2.76. The van der Waals surface area contributed by atoms with Crippen LogP contribution in [0.15, 0.2) is 121 Å². The van der Waals surface area contributed by atoms with E-state index in [1.165, 1.54) is 32.4 Å². The summed E-state index contributed by atoms with van der Waals surface area (Å²) in [6.07, 6.45) is 2.30. The first-order chi connectivity index (χ1) is 16.6. The Morgan fingerprint density at radius 2 is 1.15 bits per heavy atom. The Morgan fingerprint density at radius 1 is 0.618 bits per heavy atom. The van der Waals surface area contributed by atoms with Crippen molar-refractivity contribution in [2.45, 2.75) is 26.8 Å². The standard InChI is InChI=1S/C30H30N2P2/c1-24(2)32(33(26-15-7-4-8-16-26)27-17-9-5-10-18-27)34(28-19-11-6-12-20-28)31-23-22-29-25(3)14-13-21-30(29)31/h4-24H,1-3H3. The molecule has 1 heterocycles. The van der Waals surface area contributed by atoms with Crippen molar-refractivity contribution in [3.05, 3.63) is 127 Å². The highest BCUT2D eigenvalue weighted by Crippen LogP contribution is 2.58. The minimum Gasteiger partial charge on any atom is -0.309 e. The van der Waals surface area contributed by atoms with Gasteiger partial charge in [-0.2, -0.15) is 0 Å². The van der Waals surface area contributed by atoms with E-state index in [2.05, 4.69) is 151 Å². The largest absolute Gasteiger partial charge is 0.309 e. The van der Waals surface area contributed by atoms with Crippen molar-refractivity contribution in [2.75, 3.05) is 0 Å². The normalized spacial score (nSPS) is 12.6. The molecule has 0 aliphatic rings. The summed E-state index contributed by atoms with van der Waals surface area (Å²) in [6, 6.07) is 42.5. The van der Waals surface area contributed by atoms with Crippen molar-refractivity contribution in [3.63, 3.8) is 0 Å². The minimum atomic E-state index is -0.837. The molecule has 0 bridgehead atoms. The number of aromatic nitrogens is 1. The number of aryl methyl sites for hydroxylation is 1. The molecular weight excluding hydrogens is 450 g/mol. The molecule has 0 aliphatic carbocycles. The highest BCUT2D eigenvalue weighted by Gasteiger charge is 2.34. The van der Waals surface area contributed by atoms with Crippen molar-refractivity contribution in [1.29, 1.82) is 0 Å². The van der Waals surface area contributed by atoms with Crippen LogP contribution in [0.1, 0.15) is 19.4 Å². The molecule has 1 aromatic heterocycles. The molecule has 0 aliphatic heterocycles. The number of hydrogen-bond donors (Lipinski definition) is 0. The SMILES string of the molecule is Cc1cccc2c1ccn2P(c1ccccc1)N(C(C)C)P(c1ccccc1)c1ccccc1. The van der Waals surface area contributed by atoms with Gasteiger partial charge >= 0.3 is 0 Å². The van der Waals surface area contributed by atoms with Crippen LogP contribution in [0, 0.1) is 6.92 Å². The molecule has 34 heavy (non-hydrogen) atoms. The Kier molecular flexibility index (Phi) is 6.93. The number of hydrogen-bond acceptors (Lipinski definition) is 1. The van der Waals surface area contributed by atoms with Crippen LogP contribution in [0.4, 0.5) is 0 Å². The van der Waals surface area contributed by atoms with Crippen molar-refractivity contribution in [1.82, 2.24) is 8.78 Å². The Morgan fingerprint density at radius 3 is 1.68 bits per heavy atom. The van der Waals surface area contributed by atoms with E-state index in [-0.39, 0.29) is 0 Å². The van der Waals surface area contributed by atoms with Gasteiger partial charge in [0, 0.05) is 31.0 Å². The lowest BCUT2D eigenvalue weighted by Crippen LogP contribution is -2.34. The van der Waals surface area contributed by atoms with Gasteiger partial charge in [-0.15, -0.1) is 0 Å². The van der Waals surface area contributed by atoms with Crippen LogP contribution in [0.25, 0.3) is 10.9 Å². The van der Waals surface area contributed by atoms with Crippen LogP contribution in [-0.4, -0.2) is 14.8 Å². The van der Waals surface area contributed by atoms with Gasteiger partial charge in [0.25, 0.3) is 0 Å². The first kappa shape index (κ1) is 23.0. The monoisotopic (exact) mass is 480 g/mol. The molecule has 5 aromatic rings. The molecule has 1 atom stereocenters. The number of fused-ring (bicyclic) bond motifs is 1. The molecule has 170 valence electrons. The lowest BCUT2D eigenvalue weighted by Gasteiger charge is -2.41. The van der Waals surface area contributed by atoms with E-state index >= 15 is 0 Å². The van der Waals surface area contributed by atoms with Gasteiger partial charge < -0.3 is 4.34 Å². The summed E-state index contributed by atoms with van der Waals surface area (Å²) in [4.78, 5) is 0. The lowest BCUT2D eigenvalue weighted by molar-refractivity contribution is 0.576. The summed E-state index contributed by atoms with van der Waals surface area (Å²) in [5, 5.41) is 5.46. The molecule has 0 radical (unpaired) electrons. The number of benzene rings is 4. The first-order valence-electron chi connectivity index (χ1n) is 11.8. The molecule has 0 amide bonds. The summed E-state index contributed by atoms with van der Waals surface area (Å²) in [7, 11) is -1.58. The van der Waals surface area contributed by atoms with Crippen LogP contribution in [0.3, 0.4) is 0 Å². The van der Waals surface area contributed by atoms with Gasteiger partial charge in [0.1, 0.15) is 8.22 Å². The average molecular weight is 481 g/mol. The fourth-order valence-electron chi connectivity index (χ4n) is 4.43. The summed E-state index contributed by atoms with van der Waals surface area (Å²) in [5.41, 5.74) is 2.63. The maximum absolute atomic E-state index is 2.78. The second-order valence-electron chi connectivity index (χ2n) is 8.69. The zero-order valence-electron chi connectivity index (χ0n) is 19.9. The van der Waals surface area contributed by atoms with Crippen molar-refractivity contribution >= 4 is 43.1 Å². The van der Waals surface area contributed by atoms with E-state index in [1.54, 1.807) is 0 Å². The first-order valence-corrected chi connectivity index (χ1v) is 14.3. The molecule has 4 heteroatoms. The van der Waals surface area contributed by atoms with Crippen LogP contribution in [0.5, 0.6) is 0 Å². The predicted octanol–water partition coefficient (Wildman–Crippen LogP) is 7.19. The fourth-order valence-corrected chi connectivity index (χ4v) is 10.6. The van der Waals surface area contributed by atoms with E-state index in [0.29, 0.717) is 6.04 Å². The van der Waals surface area contributed by atoms with E-state index in [0.717, 1.165) is 0 Å². The van der Waals surface area contributed by atoms with Gasteiger partial charge in [0.15, 0.2) is 0 Å². The number of nitrogens with zero attached hydrogens (tertiary/aromatic N) is 2. The van der Waals surface area contributed by atoms with Crippen LogP contribution in [0.2, 0.25) is 0 Å². The van der Waals surface area contributed by atoms with E-state index in [4.69, 9.17) is 0 Å². The summed E-state index contributed by atoms with van der Waals surface area (Å²) >= 11 is 0. The molecule has 5 rings (SSSR count). The minimum absolute atomic E-state index is 0.347. The molecular formula is C30H30N2P2. The molecule has 1 unspecified atom stereocenters. The topological polar surface area (TPSA) is 8.17 Å². The van der Waals surface area contributed by atoms with Crippen LogP contribution < -0.4 is 15.9 Å². The highest BCUT2D eigenvalue weighted by atomic mass is 31.2. The second kappa shape index (κ2) is 10.2. The third-order valence-electron chi connectivity index (χ3n) is 5.98. The van der Waals surface area contributed by atoms with Gasteiger partial charge in [-0.05, 0) is 49.1 Å². The zero-order valence-corrected chi connectivity index (χ0v) is 21.7. The van der Waals surface area contributed by atoms with E-state index in [1.807, 2.05) is 0 Å². The van der Waals surface area contributed by atoms with Gasteiger partial charge in [-0.25, -0.2) is 4.44 Å². The van der Waals surface area contributed by atoms with Gasteiger partial charge in [0.05, 0.1) is 5.52 Å². The predicted molar refractivity (Wildman–Crippen MR) is 151 cm³/mol.